The Bertz CT molecular complexity index is 832. The van der Waals surface area contributed by atoms with Crippen LogP contribution in [0.5, 0.6) is 0 Å². The molecule has 2 rings (SSSR count). The fourth-order valence-electron chi connectivity index (χ4n) is 2.91. The fourth-order valence-corrected chi connectivity index (χ4v) is 3.44. The highest BCUT2D eigenvalue weighted by Crippen LogP contribution is 2.26. The number of hydrogen-bond acceptors (Lipinski definition) is 2. The van der Waals surface area contributed by atoms with E-state index in [4.69, 9.17) is 23.2 Å². The van der Waals surface area contributed by atoms with E-state index in [0.29, 0.717) is 22.2 Å². The molecule has 2 amide bonds. The number of hydrogen-bond donors (Lipinski definition) is 1. The maximum absolute atomic E-state index is 13.2. The number of aryl methyl sites for hydroxylation is 1. The van der Waals surface area contributed by atoms with Crippen LogP contribution in [0.25, 0.3) is 0 Å². The molecule has 28 heavy (non-hydrogen) atoms. The lowest BCUT2D eigenvalue weighted by molar-refractivity contribution is -0.140. The number of carbonyl (C=O) groups is 2. The lowest BCUT2D eigenvalue weighted by atomic mass is 10.1. The second-order valence-electron chi connectivity index (χ2n) is 7.16. The number of nitrogens with zero attached hydrogens (tertiary/aromatic N) is 1. The summed E-state index contributed by atoms with van der Waals surface area (Å²) in [7, 11) is 0. The van der Waals surface area contributed by atoms with Gasteiger partial charge in [-0.3, -0.25) is 9.59 Å². The Morgan fingerprint density at radius 1 is 1.00 bits per heavy atom. The first-order chi connectivity index (χ1) is 13.2. The summed E-state index contributed by atoms with van der Waals surface area (Å²) in [6.07, 6.45) is 0.0314. The van der Waals surface area contributed by atoms with E-state index >= 15 is 0 Å². The van der Waals surface area contributed by atoms with Crippen molar-refractivity contribution in [1.82, 2.24) is 10.2 Å². The molecule has 0 aliphatic rings. The molecule has 4 nitrogen and oxygen atoms in total. The third-order valence-electron chi connectivity index (χ3n) is 4.59. The van der Waals surface area contributed by atoms with Gasteiger partial charge in [0, 0.05) is 22.6 Å². The predicted molar refractivity (Wildman–Crippen MR) is 115 cm³/mol. The van der Waals surface area contributed by atoms with Crippen LogP contribution in [0.2, 0.25) is 10.0 Å². The van der Waals surface area contributed by atoms with Crippen molar-refractivity contribution in [3.63, 3.8) is 0 Å². The second-order valence-corrected chi connectivity index (χ2v) is 7.98. The van der Waals surface area contributed by atoms with E-state index < -0.39 is 6.04 Å². The normalized spacial score (nSPS) is 12.0. The van der Waals surface area contributed by atoms with E-state index in [2.05, 4.69) is 5.32 Å². The summed E-state index contributed by atoms with van der Waals surface area (Å²) in [6.45, 7) is 7.84. The number of carbonyl (C=O) groups excluding carboxylic acids is 2. The molecule has 0 radical (unpaired) electrons. The third-order valence-corrected chi connectivity index (χ3v) is 5.30. The van der Waals surface area contributed by atoms with E-state index in [1.165, 1.54) is 0 Å². The number of halogens is 2. The lowest BCUT2D eigenvalue weighted by Crippen LogP contribution is -2.49. The molecule has 0 heterocycles. The van der Waals surface area contributed by atoms with Crippen LogP contribution in [-0.4, -0.2) is 28.8 Å². The average Bonchev–Trinajstić information content (AvgIpc) is 2.63. The highest BCUT2D eigenvalue weighted by Gasteiger charge is 2.27. The quantitative estimate of drug-likeness (QED) is 0.699. The van der Waals surface area contributed by atoms with Gasteiger partial charge in [0.2, 0.25) is 11.8 Å². The van der Waals surface area contributed by atoms with Crippen LogP contribution >= 0.6 is 23.2 Å². The number of amides is 2. The predicted octanol–water partition coefficient (Wildman–Crippen LogP) is 4.79. The Balaban J connectivity index is 2.32. The van der Waals surface area contributed by atoms with Crippen molar-refractivity contribution >= 4 is 35.0 Å². The summed E-state index contributed by atoms with van der Waals surface area (Å²) in [5, 5.41) is 3.76. The highest BCUT2D eigenvalue weighted by molar-refractivity contribution is 6.36. The van der Waals surface area contributed by atoms with E-state index in [0.717, 1.165) is 11.1 Å². The molecule has 150 valence electrons. The topological polar surface area (TPSA) is 49.4 Å². The Labute approximate surface area is 176 Å². The molecular weight excluding hydrogens is 395 g/mol. The molecule has 1 unspecified atom stereocenters. The van der Waals surface area contributed by atoms with Gasteiger partial charge in [-0.05, 0) is 56.5 Å². The van der Waals surface area contributed by atoms with Crippen molar-refractivity contribution in [2.45, 2.75) is 52.7 Å². The van der Waals surface area contributed by atoms with Gasteiger partial charge in [-0.2, -0.15) is 0 Å². The van der Waals surface area contributed by atoms with Gasteiger partial charge >= 0.3 is 0 Å². The summed E-state index contributed by atoms with van der Waals surface area (Å²) in [5.74, 6) is -0.396. The van der Waals surface area contributed by atoms with Gasteiger partial charge in [0.05, 0.1) is 6.42 Å². The minimum absolute atomic E-state index is 0.0108. The molecule has 0 aliphatic heterocycles. The largest absolute Gasteiger partial charge is 0.352 e. The summed E-state index contributed by atoms with van der Waals surface area (Å²) >= 11 is 12.5. The Morgan fingerprint density at radius 3 is 2.18 bits per heavy atom. The van der Waals surface area contributed by atoms with Crippen molar-refractivity contribution in [2.75, 3.05) is 0 Å². The Morgan fingerprint density at radius 2 is 1.61 bits per heavy atom. The highest BCUT2D eigenvalue weighted by atomic mass is 35.5. The van der Waals surface area contributed by atoms with Crippen LogP contribution in [0, 0.1) is 6.92 Å². The first-order valence-electron chi connectivity index (χ1n) is 9.28. The van der Waals surface area contributed by atoms with Crippen LogP contribution in [0.3, 0.4) is 0 Å². The van der Waals surface area contributed by atoms with Crippen LogP contribution in [0.1, 0.15) is 37.5 Å². The Kier molecular flexibility index (Phi) is 7.90. The summed E-state index contributed by atoms with van der Waals surface area (Å²) in [6, 6.07) is 12.3. The molecule has 0 bridgehead atoms. The first-order valence-corrected chi connectivity index (χ1v) is 10.0. The van der Waals surface area contributed by atoms with Gasteiger partial charge in [0.25, 0.3) is 0 Å². The van der Waals surface area contributed by atoms with Gasteiger partial charge in [0.15, 0.2) is 0 Å². The molecule has 6 heteroatoms. The summed E-state index contributed by atoms with van der Waals surface area (Å²) < 4.78 is 0. The minimum Gasteiger partial charge on any atom is -0.352 e. The standard InChI is InChI=1S/C22H26Cl2N2O2/c1-14(2)25-22(28)16(4)26(13-17-9-6-5-8-15(17)3)21(27)12-18-19(23)10-7-11-20(18)24/h5-11,14,16H,12-13H2,1-4H3,(H,25,28). The van der Waals surface area contributed by atoms with Crippen molar-refractivity contribution < 1.29 is 9.59 Å². The monoisotopic (exact) mass is 420 g/mol. The van der Waals surface area contributed by atoms with Crippen molar-refractivity contribution in [3.05, 3.63) is 69.2 Å². The summed E-state index contributed by atoms with van der Waals surface area (Å²) in [4.78, 5) is 27.4. The number of rotatable bonds is 7. The maximum atomic E-state index is 13.2. The molecule has 2 aromatic rings. The molecule has 0 saturated heterocycles. The minimum atomic E-state index is -0.629. The zero-order valence-corrected chi connectivity index (χ0v) is 18.1. The maximum Gasteiger partial charge on any atom is 0.242 e. The van der Waals surface area contributed by atoms with Gasteiger partial charge in [0.1, 0.15) is 6.04 Å². The van der Waals surface area contributed by atoms with Gasteiger partial charge in [-0.25, -0.2) is 0 Å². The zero-order valence-electron chi connectivity index (χ0n) is 16.6. The summed E-state index contributed by atoms with van der Waals surface area (Å²) in [5.41, 5.74) is 2.62. The smallest absolute Gasteiger partial charge is 0.242 e. The van der Waals surface area contributed by atoms with Crippen molar-refractivity contribution in [2.24, 2.45) is 0 Å². The Hall–Kier alpha value is -2.04. The van der Waals surface area contributed by atoms with Crippen LogP contribution in [0.4, 0.5) is 0 Å². The fraction of sp³-hybridized carbons (Fsp3) is 0.364. The molecule has 0 aromatic heterocycles. The molecule has 0 fully saturated rings. The SMILES string of the molecule is Cc1ccccc1CN(C(=O)Cc1c(Cl)cccc1Cl)C(C)C(=O)NC(C)C. The first kappa shape index (κ1) is 22.3. The van der Waals surface area contributed by atoms with E-state index in [1.807, 2.05) is 45.0 Å². The number of nitrogens with one attached hydrogen (secondary N) is 1. The average molecular weight is 421 g/mol. The van der Waals surface area contributed by atoms with Crippen LogP contribution in [-0.2, 0) is 22.6 Å². The molecule has 1 atom stereocenters. The molecular formula is C22H26Cl2N2O2. The van der Waals surface area contributed by atoms with Crippen molar-refractivity contribution in [1.29, 1.82) is 0 Å². The zero-order chi connectivity index (χ0) is 20.8. The molecule has 1 N–H and O–H groups in total. The van der Waals surface area contributed by atoms with Gasteiger partial charge in [-0.15, -0.1) is 0 Å². The van der Waals surface area contributed by atoms with Crippen LogP contribution < -0.4 is 5.32 Å². The molecule has 2 aromatic carbocycles. The third kappa shape index (κ3) is 5.73. The van der Waals surface area contributed by atoms with E-state index in [-0.39, 0.29) is 24.3 Å². The molecule has 0 spiro atoms. The lowest BCUT2D eigenvalue weighted by Gasteiger charge is -2.30. The second kappa shape index (κ2) is 9.94. The molecule has 0 aliphatic carbocycles. The van der Waals surface area contributed by atoms with Gasteiger partial charge < -0.3 is 10.2 Å². The van der Waals surface area contributed by atoms with E-state index in [1.54, 1.807) is 30.0 Å². The van der Waals surface area contributed by atoms with Crippen molar-refractivity contribution in [3.8, 4) is 0 Å². The number of benzene rings is 2. The van der Waals surface area contributed by atoms with E-state index in [9.17, 15) is 9.59 Å². The van der Waals surface area contributed by atoms with Gasteiger partial charge in [-0.1, -0.05) is 53.5 Å². The van der Waals surface area contributed by atoms with Crippen LogP contribution in [0.15, 0.2) is 42.5 Å². The molecule has 0 saturated carbocycles.